The van der Waals surface area contributed by atoms with Crippen LogP contribution in [0.4, 0.5) is 5.69 Å². The maximum atomic E-state index is 5.73. The highest BCUT2D eigenvalue weighted by molar-refractivity contribution is 5.52. The summed E-state index contributed by atoms with van der Waals surface area (Å²) in [5.41, 5.74) is 9.28. The van der Waals surface area contributed by atoms with Crippen molar-refractivity contribution < 1.29 is 0 Å². The van der Waals surface area contributed by atoms with E-state index in [9.17, 15) is 0 Å². The van der Waals surface area contributed by atoms with Crippen LogP contribution in [0.5, 0.6) is 0 Å². The Morgan fingerprint density at radius 2 is 2.20 bits per heavy atom. The molecule has 2 rings (SSSR count). The Labute approximate surface area is 60.0 Å². The molecule has 0 fully saturated rings. The Hall–Kier alpha value is -1.02. The minimum absolute atomic E-state index is 0.919. The lowest BCUT2D eigenvalue weighted by molar-refractivity contribution is 0.765. The predicted octanol–water partition coefficient (Wildman–Crippen LogP) is 0.872. The molecule has 0 spiro atoms. The fourth-order valence-corrected chi connectivity index (χ4v) is 1.36. The summed E-state index contributed by atoms with van der Waals surface area (Å²) in [7, 11) is 0. The van der Waals surface area contributed by atoms with E-state index in [0.29, 0.717) is 0 Å². The van der Waals surface area contributed by atoms with Gasteiger partial charge in [0.15, 0.2) is 0 Å². The summed E-state index contributed by atoms with van der Waals surface area (Å²) in [5.74, 6) is 0. The van der Waals surface area contributed by atoms with E-state index in [1.807, 2.05) is 12.1 Å². The van der Waals surface area contributed by atoms with Crippen molar-refractivity contribution in [3.63, 3.8) is 0 Å². The van der Waals surface area contributed by atoms with E-state index < -0.39 is 0 Å². The first kappa shape index (κ1) is 5.74. The van der Waals surface area contributed by atoms with Crippen LogP contribution in [0.3, 0.4) is 0 Å². The molecule has 52 valence electrons. The molecule has 0 aliphatic carbocycles. The average Bonchev–Trinajstić information content (AvgIpc) is 2.36. The molecule has 2 nitrogen and oxygen atoms in total. The molecule has 1 aromatic carbocycles. The minimum Gasteiger partial charge on any atom is -0.398 e. The van der Waals surface area contributed by atoms with Crippen molar-refractivity contribution in [2.24, 2.45) is 0 Å². The van der Waals surface area contributed by atoms with Gasteiger partial charge in [0.05, 0.1) is 0 Å². The van der Waals surface area contributed by atoms with Gasteiger partial charge in [-0.15, -0.1) is 0 Å². The Bertz CT molecular complexity index is 255. The summed E-state index contributed by atoms with van der Waals surface area (Å²) >= 11 is 0. The number of anilines is 1. The zero-order valence-corrected chi connectivity index (χ0v) is 5.72. The van der Waals surface area contributed by atoms with Gasteiger partial charge in [-0.05, 0) is 17.2 Å². The third-order valence-corrected chi connectivity index (χ3v) is 1.93. The van der Waals surface area contributed by atoms with Gasteiger partial charge in [-0.3, -0.25) is 0 Å². The van der Waals surface area contributed by atoms with Gasteiger partial charge in [0.25, 0.3) is 0 Å². The van der Waals surface area contributed by atoms with Crippen molar-refractivity contribution in [2.45, 2.75) is 13.1 Å². The third kappa shape index (κ3) is 0.693. The number of rotatable bonds is 0. The highest BCUT2D eigenvalue weighted by Crippen LogP contribution is 2.20. The van der Waals surface area contributed by atoms with E-state index >= 15 is 0 Å². The van der Waals surface area contributed by atoms with Crippen LogP contribution < -0.4 is 11.1 Å². The standard InChI is InChI=1S/C8H10N2/c9-8-3-1-2-6-4-10-5-7(6)8/h1-3,10H,4-5,9H2. The summed E-state index contributed by atoms with van der Waals surface area (Å²) in [4.78, 5) is 0. The molecule has 1 aliphatic heterocycles. The lowest BCUT2D eigenvalue weighted by Gasteiger charge is -1.99. The number of nitrogen functional groups attached to an aromatic ring is 1. The van der Waals surface area contributed by atoms with Crippen LogP contribution in [0.25, 0.3) is 0 Å². The number of benzene rings is 1. The van der Waals surface area contributed by atoms with Crippen molar-refractivity contribution in [1.29, 1.82) is 0 Å². The van der Waals surface area contributed by atoms with Crippen LogP contribution in [-0.4, -0.2) is 0 Å². The Balaban J connectivity index is 2.59. The molecule has 0 saturated heterocycles. The fourth-order valence-electron chi connectivity index (χ4n) is 1.36. The van der Waals surface area contributed by atoms with Crippen molar-refractivity contribution in [1.82, 2.24) is 5.32 Å². The van der Waals surface area contributed by atoms with E-state index in [-0.39, 0.29) is 0 Å². The minimum atomic E-state index is 0.919. The van der Waals surface area contributed by atoms with Crippen LogP contribution in [-0.2, 0) is 13.1 Å². The summed E-state index contributed by atoms with van der Waals surface area (Å²) in [5, 5.41) is 3.25. The fraction of sp³-hybridized carbons (Fsp3) is 0.250. The Kier molecular flexibility index (Phi) is 1.14. The Morgan fingerprint density at radius 1 is 1.30 bits per heavy atom. The number of nitrogens with one attached hydrogen (secondary N) is 1. The molecule has 0 aromatic heterocycles. The average molecular weight is 134 g/mol. The lowest BCUT2D eigenvalue weighted by Crippen LogP contribution is -2.00. The molecule has 0 radical (unpaired) electrons. The van der Waals surface area contributed by atoms with Crippen molar-refractivity contribution in [3.05, 3.63) is 29.3 Å². The molecule has 1 aromatic rings. The smallest absolute Gasteiger partial charge is 0.0362 e. The molecule has 0 saturated carbocycles. The second kappa shape index (κ2) is 1.99. The van der Waals surface area contributed by atoms with Crippen molar-refractivity contribution >= 4 is 5.69 Å². The van der Waals surface area contributed by atoms with Gasteiger partial charge in [0, 0.05) is 18.8 Å². The van der Waals surface area contributed by atoms with E-state index in [1.54, 1.807) is 0 Å². The number of fused-ring (bicyclic) bond motifs is 1. The van der Waals surface area contributed by atoms with Gasteiger partial charge in [-0.1, -0.05) is 12.1 Å². The van der Waals surface area contributed by atoms with Crippen LogP contribution in [0.1, 0.15) is 11.1 Å². The van der Waals surface area contributed by atoms with E-state index in [2.05, 4.69) is 11.4 Å². The number of hydrogen-bond donors (Lipinski definition) is 2. The van der Waals surface area contributed by atoms with Crippen molar-refractivity contribution in [2.75, 3.05) is 5.73 Å². The second-order valence-corrected chi connectivity index (χ2v) is 2.59. The topological polar surface area (TPSA) is 38.0 Å². The normalized spacial score (nSPS) is 15.2. The second-order valence-electron chi connectivity index (χ2n) is 2.59. The SMILES string of the molecule is Nc1cccc2c1CNC2. The summed E-state index contributed by atoms with van der Waals surface area (Å²) < 4.78 is 0. The molecule has 0 atom stereocenters. The summed E-state index contributed by atoms with van der Waals surface area (Å²) in [6.45, 7) is 1.91. The lowest BCUT2D eigenvalue weighted by atomic mass is 10.1. The maximum absolute atomic E-state index is 5.73. The quantitative estimate of drug-likeness (QED) is 0.517. The zero-order chi connectivity index (χ0) is 6.97. The van der Waals surface area contributed by atoms with Crippen LogP contribution in [0.15, 0.2) is 18.2 Å². The molecule has 1 heterocycles. The van der Waals surface area contributed by atoms with E-state index in [4.69, 9.17) is 5.73 Å². The maximum Gasteiger partial charge on any atom is 0.0362 e. The molecular formula is C8H10N2. The van der Waals surface area contributed by atoms with Crippen LogP contribution in [0, 0.1) is 0 Å². The van der Waals surface area contributed by atoms with E-state index in [0.717, 1.165) is 18.8 Å². The third-order valence-electron chi connectivity index (χ3n) is 1.93. The predicted molar refractivity (Wildman–Crippen MR) is 41.4 cm³/mol. The molecule has 3 N–H and O–H groups in total. The first-order valence-corrected chi connectivity index (χ1v) is 3.45. The Morgan fingerprint density at radius 3 is 3.00 bits per heavy atom. The van der Waals surface area contributed by atoms with Gasteiger partial charge in [-0.25, -0.2) is 0 Å². The van der Waals surface area contributed by atoms with Gasteiger partial charge in [0.2, 0.25) is 0 Å². The van der Waals surface area contributed by atoms with E-state index in [1.165, 1.54) is 11.1 Å². The molecular weight excluding hydrogens is 124 g/mol. The largest absolute Gasteiger partial charge is 0.398 e. The highest BCUT2D eigenvalue weighted by atomic mass is 14.9. The molecule has 0 amide bonds. The van der Waals surface area contributed by atoms with Crippen LogP contribution in [0.2, 0.25) is 0 Å². The van der Waals surface area contributed by atoms with Gasteiger partial charge >= 0.3 is 0 Å². The first-order valence-electron chi connectivity index (χ1n) is 3.45. The van der Waals surface area contributed by atoms with Gasteiger partial charge < -0.3 is 11.1 Å². The molecule has 10 heavy (non-hydrogen) atoms. The van der Waals surface area contributed by atoms with Gasteiger partial charge in [-0.2, -0.15) is 0 Å². The molecule has 2 heteroatoms. The van der Waals surface area contributed by atoms with Crippen molar-refractivity contribution in [3.8, 4) is 0 Å². The number of hydrogen-bond acceptors (Lipinski definition) is 2. The summed E-state index contributed by atoms with van der Waals surface area (Å²) in [6.07, 6.45) is 0. The molecule has 1 aliphatic rings. The number of nitrogens with two attached hydrogens (primary N) is 1. The molecule has 0 bridgehead atoms. The highest BCUT2D eigenvalue weighted by Gasteiger charge is 2.10. The monoisotopic (exact) mass is 134 g/mol. The summed E-state index contributed by atoms with van der Waals surface area (Å²) in [6, 6.07) is 6.07. The molecule has 0 unspecified atom stereocenters. The zero-order valence-electron chi connectivity index (χ0n) is 5.72. The van der Waals surface area contributed by atoms with Gasteiger partial charge in [0.1, 0.15) is 0 Å². The first-order chi connectivity index (χ1) is 4.88. The van der Waals surface area contributed by atoms with Crippen LogP contribution >= 0.6 is 0 Å².